The summed E-state index contributed by atoms with van der Waals surface area (Å²) in [5.74, 6) is 0.777. The van der Waals surface area contributed by atoms with Crippen LogP contribution in [0.4, 0.5) is 0 Å². The van der Waals surface area contributed by atoms with Crippen molar-refractivity contribution in [1.82, 2.24) is 10.2 Å². The smallest absolute Gasteiger partial charge is 0.0803 e. The molecule has 26 heavy (non-hydrogen) atoms. The quantitative estimate of drug-likeness (QED) is 0.650. The highest BCUT2D eigenvalue weighted by Crippen LogP contribution is 2.23. The van der Waals surface area contributed by atoms with Crippen LogP contribution in [0.15, 0.2) is 53.4 Å². The summed E-state index contributed by atoms with van der Waals surface area (Å²) in [6.45, 7) is 10.8. The number of thioether (sulfide) groups is 1. The van der Waals surface area contributed by atoms with Gasteiger partial charge in [-0.3, -0.25) is 5.10 Å². The second-order valence-electron chi connectivity index (χ2n) is 7.32. The Morgan fingerprint density at radius 3 is 2.35 bits per heavy atom. The molecule has 0 spiro atoms. The lowest BCUT2D eigenvalue weighted by atomic mass is 9.87. The monoisotopic (exact) mass is 382 g/mol. The highest BCUT2D eigenvalue weighted by Gasteiger charge is 2.12. The molecule has 1 aromatic heterocycles. The van der Waals surface area contributed by atoms with Gasteiger partial charge in [-0.15, -0.1) is 11.8 Å². The molecule has 0 atom stereocenters. The number of rotatable bonds is 4. The Kier molecular flexibility index (Phi) is 5.59. The average Bonchev–Trinajstić information content (AvgIpc) is 2.94. The third-order valence-corrected chi connectivity index (χ3v) is 5.51. The molecule has 0 bridgehead atoms. The van der Waals surface area contributed by atoms with E-state index in [4.69, 9.17) is 11.6 Å². The molecule has 0 aliphatic rings. The summed E-state index contributed by atoms with van der Waals surface area (Å²) in [4.78, 5) is 1.17. The maximum absolute atomic E-state index is 5.95. The second-order valence-corrected chi connectivity index (χ2v) is 8.81. The van der Waals surface area contributed by atoms with Crippen molar-refractivity contribution in [1.29, 1.82) is 0 Å². The molecule has 4 heteroatoms. The molecule has 0 aliphatic carbocycles. The van der Waals surface area contributed by atoms with Gasteiger partial charge in [0.05, 0.1) is 11.0 Å². The molecular formula is C22H23ClN2S. The van der Waals surface area contributed by atoms with E-state index in [1.807, 2.05) is 24.3 Å². The van der Waals surface area contributed by atoms with Crippen molar-refractivity contribution in [3.63, 3.8) is 0 Å². The van der Waals surface area contributed by atoms with Crippen LogP contribution < -0.4 is 10.6 Å². The minimum atomic E-state index is 0.159. The highest BCUT2D eigenvalue weighted by atomic mass is 35.5. The molecule has 3 aromatic rings. The fraction of sp³-hybridized carbons (Fsp3) is 0.227. The third-order valence-electron chi connectivity index (χ3n) is 4.24. The maximum atomic E-state index is 5.95. The van der Waals surface area contributed by atoms with Crippen molar-refractivity contribution >= 4 is 36.0 Å². The number of benzene rings is 2. The highest BCUT2D eigenvalue weighted by molar-refractivity contribution is 7.98. The van der Waals surface area contributed by atoms with Crippen molar-refractivity contribution in [2.45, 2.75) is 36.8 Å². The predicted molar refractivity (Wildman–Crippen MR) is 113 cm³/mol. The van der Waals surface area contributed by atoms with Crippen LogP contribution in [-0.4, -0.2) is 10.2 Å². The maximum Gasteiger partial charge on any atom is 0.0803 e. The van der Waals surface area contributed by atoms with Gasteiger partial charge in [-0.25, -0.2) is 0 Å². The van der Waals surface area contributed by atoms with Gasteiger partial charge in [0.15, 0.2) is 0 Å². The normalized spacial score (nSPS) is 12.5. The summed E-state index contributed by atoms with van der Waals surface area (Å²) >= 11 is 7.68. The molecule has 0 saturated heterocycles. The summed E-state index contributed by atoms with van der Waals surface area (Å²) in [5.41, 5.74) is 3.65. The SMILES string of the molecule is C=c1[nH]nc(CSc2ccc(Cl)cc2)c1=Cc1ccc(C(C)(C)C)cc1. The molecule has 134 valence electrons. The van der Waals surface area contributed by atoms with Gasteiger partial charge in [0.2, 0.25) is 0 Å². The van der Waals surface area contributed by atoms with E-state index in [0.29, 0.717) is 0 Å². The largest absolute Gasteiger partial charge is 0.278 e. The molecular weight excluding hydrogens is 360 g/mol. The van der Waals surface area contributed by atoms with Crippen LogP contribution in [0.25, 0.3) is 12.7 Å². The van der Waals surface area contributed by atoms with Gasteiger partial charge in [0.25, 0.3) is 0 Å². The fourth-order valence-corrected chi connectivity index (χ4v) is 3.62. The third kappa shape index (κ3) is 4.60. The van der Waals surface area contributed by atoms with Crippen LogP contribution in [0, 0.1) is 0 Å². The van der Waals surface area contributed by atoms with Crippen molar-refractivity contribution in [3.8, 4) is 0 Å². The minimum absolute atomic E-state index is 0.159. The van der Waals surface area contributed by atoms with Crippen LogP contribution in [0.2, 0.25) is 5.02 Å². The number of nitrogens with one attached hydrogen (secondary N) is 1. The van der Waals surface area contributed by atoms with Crippen LogP contribution in [0.3, 0.4) is 0 Å². The standard InChI is InChI=1S/C22H23ClN2S/c1-15-20(13-16-5-7-17(8-6-16)22(2,3)4)21(25-24-15)14-26-19-11-9-18(23)10-12-19/h5-13,24H,1,14H2,2-4H3. The fourth-order valence-electron chi connectivity index (χ4n) is 2.64. The predicted octanol–water partition coefficient (Wildman–Crippen LogP) is 4.89. The molecule has 2 aromatic carbocycles. The molecule has 0 amide bonds. The molecule has 0 saturated carbocycles. The first-order chi connectivity index (χ1) is 12.3. The topological polar surface area (TPSA) is 28.7 Å². The molecule has 2 nitrogen and oxygen atoms in total. The summed E-state index contributed by atoms with van der Waals surface area (Å²) < 4.78 is 0. The van der Waals surface area contributed by atoms with Crippen molar-refractivity contribution in [2.75, 3.05) is 0 Å². The first-order valence-electron chi connectivity index (χ1n) is 8.56. The van der Waals surface area contributed by atoms with Gasteiger partial charge in [0.1, 0.15) is 0 Å². The number of nitrogens with zero attached hydrogens (tertiary/aromatic N) is 1. The Morgan fingerprint density at radius 1 is 1.08 bits per heavy atom. The van der Waals surface area contributed by atoms with E-state index in [1.165, 1.54) is 10.5 Å². The zero-order valence-electron chi connectivity index (χ0n) is 15.3. The first kappa shape index (κ1) is 18.8. The van der Waals surface area contributed by atoms with E-state index < -0.39 is 0 Å². The van der Waals surface area contributed by atoms with Crippen molar-refractivity contribution < 1.29 is 0 Å². The Hall–Kier alpha value is -1.97. The Bertz CT molecular complexity index is 981. The number of hydrogen-bond acceptors (Lipinski definition) is 2. The molecule has 0 radical (unpaired) electrons. The van der Waals surface area contributed by atoms with Crippen LogP contribution >= 0.6 is 23.4 Å². The lowest BCUT2D eigenvalue weighted by molar-refractivity contribution is 0.590. The zero-order chi connectivity index (χ0) is 18.7. The van der Waals surface area contributed by atoms with E-state index in [1.54, 1.807) is 11.8 Å². The Morgan fingerprint density at radius 2 is 1.73 bits per heavy atom. The van der Waals surface area contributed by atoms with E-state index in [0.717, 1.165) is 32.6 Å². The zero-order valence-corrected chi connectivity index (χ0v) is 16.9. The van der Waals surface area contributed by atoms with E-state index in [-0.39, 0.29) is 5.41 Å². The van der Waals surface area contributed by atoms with Gasteiger partial charge in [-0.1, -0.05) is 63.2 Å². The summed E-state index contributed by atoms with van der Waals surface area (Å²) in [7, 11) is 0. The van der Waals surface area contributed by atoms with Crippen molar-refractivity contribution in [3.05, 3.63) is 80.9 Å². The van der Waals surface area contributed by atoms with Crippen LogP contribution in [0.5, 0.6) is 0 Å². The lowest BCUT2D eigenvalue weighted by Crippen LogP contribution is -2.23. The molecule has 1 N–H and O–H groups in total. The van der Waals surface area contributed by atoms with Gasteiger partial charge < -0.3 is 0 Å². The van der Waals surface area contributed by atoms with E-state index >= 15 is 0 Å². The number of aromatic amines is 1. The van der Waals surface area contributed by atoms with Gasteiger partial charge in [-0.2, -0.15) is 5.10 Å². The van der Waals surface area contributed by atoms with Gasteiger partial charge in [0, 0.05) is 20.9 Å². The molecule has 3 rings (SSSR count). The van der Waals surface area contributed by atoms with Crippen LogP contribution in [0.1, 0.15) is 37.6 Å². The minimum Gasteiger partial charge on any atom is -0.278 e. The molecule has 1 heterocycles. The summed E-state index contributed by atoms with van der Waals surface area (Å²) in [5, 5.41) is 10.1. The summed E-state index contributed by atoms with van der Waals surface area (Å²) in [6.07, 6.45) is 2.15. The Labute approximate surface area is 164 Å². The number of hydrogen-bond donors (Lipinski definition) is 1. The lowest BCUT2D eigenvalue weighted by Gasteiger charge is -2.18. The van der Waals surface area contributed by atoms with E-state index in [2.05, 4.69) is 67.9 Å². The molecule has 0 fully saturated rings. The number of halogens is 1. The second kappa shape index (κ2) is 7.73. The molecule has 0 unspecified atom stereocenters. The van der Waals surface area contributed by atoms with Gasteiger partial charge in [-0.05, 0) is 46.9 Å². The van der Waals surface area contributed by atoms with Crippen LogP contribution in [-0.2, 0) is 11.2 Å². The number of aromatic nitrogens is 2. The average molecular weight is 383 g/mol. The summed E-state index contributed by atoms with van der Waals surface area (Å²) in [6, 6.07) is 16.6. The van der Waals surface area contributed by atoms with E-state index in [9.17, 15) is 0 Å². The first-order valence-corrected chi connectivity index (χ1v) is 9.92. The van der Waals surface area contributed by atoms with Crippen molar-refractivity contribution in [2.24, 2.45) is 0 Å². The van der Waals surface area contributed by atoms with Gasteiger partial charge >= 0.3 is 0 Å². The number of H-pyrrole nitrogens is 1. The molecule has 0 aliphatic heterocycles. The Balaban J connectivity index is 1.84.